The van der Waals surface area contributed by atoms with Crippen LogP contribution in [-0.4, -0.2) is 58.6 Å². The summed E-state index contributed by atoms with van der Waals surface area (Å²) in [5.74, 6) is 0.993. The molecule has 0 aliphatic heterocycles. The van der Waals surface area contributed by atoms with Gasteiger partial charge in [0.1, 0.15) is 6.54 Å². The molecule has 0 spiro atoms. The molecular weight excluding hydrogens is 464 g/mol. The van der Waals surface area contributed by atoms with E-state index in [0.29, 0.717) is 39.1 Å². The lowest BCUT2D eigenvalue weighted by Crippen LogP contribution is -2.23. The molecule has 11 heteroatoms. The number of benzene rings is 2. The fourth-order valence-corrected chi connectivity index (χ4v) is 4.36. The van der Waals surface area contributed by atoms with Crippen molar-refractivity contribution in [3.05, 3.63) is 34.6 Å². The number of methoxy groups -OCH3 is 5. The van der Waals surface area contributed by atoms with E-state index in [1.54, 1.807) is 23.6 Å². The summed E-state index contributed by atoms with van der Waals surface area (Å²) in [4.78, 5) is 30.1. The van der Waals surface area contributed by atoms with E-state index in [-0.39, 0.29) is 18.7 Å². The third-order valence-electron chi connectivity index (χ3n) is 4.89. The molecule has 0 fully saturated rings. The molecular formula is C23H26N2O8S. The summed E-state index contributed by atoms with van der Waals surface area (Å²) >= 11 is 1.23. The summed E-state index contributed by atoms with van der Waals surface area (Å²) in [6, 6.07) is 6.53. The minimum absolute atomic E-state index is 0.134. The average Bonchev–Trinajstić information content (AvgIpc) is 3.17. The van der Waals surface area contributed by atoms with Crippen molar-refractivity contribution in [1.29, 1.82) is 0 Å². The van der Waals surface area contributed by atoms with E-state index in [1.165, 1.54) is 59.0 Å². The van der Waals surface area contributed by atoms with E-state index in [4.69, 9.17) is 28.4 Å². The number of fused-ring (bicyclic) bond motifs is 1. The average molecular weight is 491 g/mol. The van der Waals surface area contributed by atoms with Crippen LogP contribution < -0.4 is 28.5 Å². The van der Waals surface area contributed by atoms with Gasteiger partial charge in [-0.3, -0.25) is 9.59 Å². The summed E-state index contributed by atoms with van der Waals surface area (Å²) in [5.41, 5.74) is 0.872. The molecule has 0 aliphatic carbocycles. The van der Waals surface area contributed by atoms with Gasteiger partial charge in [0, 0.05) is 17.7 Å². The molecule has 3 rings (SSSR count). The Morgan fingerprint density at radius 2 is 1.44 bits per heavy atom. The van der Waals surface area contributed by atoms with Crippen LogP contribution >= 0.6 is 11.3 Å². The van der Waals surface area contributed by atoms with Crippen LogP contribution in [0.3, 0.4) is 0 Å². The summed E-state index contributed by atoms with van der Waals surface area (Å²) in [5, 5.41) is 0. The molecule has 1 heterocycles. The highest BCUT2D eigenvalue weighted by Gasteiger charge is 2.19. The van der Waals surface area contributed by atoms with Crippen LogP contribution in [0.25, 0.3) is 10.2 Å². The molecule has 0 unspecified atom stereocenters. The second-order valence-electron chi connectivity index (χ2n) is 6.78. The van der Waals surface area contributed by atoms with Crippen molar-refractivity contribution in [2.45, 2.75) is 13.5 Å². The van der Waals surface area contributed by atoms with Crippen molar-refractivity contribution in [2.24, 2.45) is 4.99 Å². The zero-order chi connectivity index (χ0) is 24.8. The maximum absolute atomic E-state index is 13.1. The van der Waals surface area contributed by atoms with Crippen molar-refractivity contribution in [1.82, 2.24) is 4.57 Å². The number of hydrogen-bond donors (Lipinski definition) is 0. The molecule has 2 aromatic carbocycles. The van der Waals surface area contributed by atoms with Gasteiger partial charge in [0.15, 0.2) is 27.8 Å². The normalized spacial score (nSPS) is 11.3. The summed E-state index contributed by atoms with van der Waals surface area (Å²) in [6.45, 7) is 1.82. The molecule has 0 saturated carbocycles. The van der Waals surface area contributed by atoms with E-state index >= 15 is 0 Å². The largest absolute Gasteiger partial charge is 0.493 e. The van der Waals surface area contributed by atoms with E-state index in [0.717, 1.165) is 4.70 Å². The molecule has 182 valence electrons. The summed E-state index contributed by atoms with van der Waals surface area (Å²) in [6.07, 6.45) is 0. The first-order chi connectivity index (χ1) is 16.4. The highest BCUT2D eigenvalue weighted by atomic mass is 32.1. The number of rotatable bonds is 9. The van der Waals surface area contributed by atoms with Crippen LogP contribution in [0.15, 0.2) is 29.3 Å². The predicted molar refractivity (Wildman–Crippen MR) is 126 cm³/mol. The topological polar surface area (TPSA) is 107 Å². The standard InChI is InChI=1S/C23H26N2O8S/c1-7-33-20(26)12-25-14-10-15(28-2)16(29-3)11-19(14)34-23(25)24-22(27)13-8-17(30-4)21(32-6)18(9-13)31-5/h8-11H,7,12H2,1-6H3. The fourth-order valence-electron chi connectivity index (χ4n) is 3.33. The first-order valence-corrected chi connectivity index (χ1v) is 11.0. The molecule has 10 nitrogen and oxygen atoms in total. The Balaban J connectivity index is 2.20. The Hall–Kier alpha value is -3.73. The molecule has 0 atom stereocenters. The minimum Gasteiger partial charge on any atom is -0.493 e. The van der Waals surface area contributed by atoms with Gasteiger partial charge in [0.05, 0.1) is 52.4 Å². The van der Waals surface area contributed by atoms with Gasteiger partial charge in [0.25, 0.3) is 5.91 Å². The van der Waals surface area contributed by atoms with Crippen molar-refractivity contribution in [3.63, 3.8) is 0 Å². The summed E-state index contributed by atoms with van der Waals surface area (Å²) < 4.78 is 34.2. The maximum Gasteiger partial charge on any atom is 0.326 e. The lowest BCUT2D eigenvalue weighted by Gasteiger charge is -2.12. The third kappa shape index (κ3) is 4.93. The Bertz CT molecular complexity index is 1250. The number of hydrogen-bond acceptors (Lipinski definition) is 9. The third-order valence-corrected chi connectivity index (χ3v) is 5.93. The number of amides is 1. The number of esters is 1. The van der Waals surface area contributed by atoms with Gasteiger partial charge in [-0.15, -0.1) is 0 Å². The number of thiazole rings is 1. The van der Waals surface area contributed by atoms with E-state index in [2.05, 4.69) is 4.99 Å². The van der Waals surface area contributed by atoms with Gasteiger partial charge < -0.3 is 33.0 Å². The second-order valence-corrected chi connectivity index (χ2v) is 7.79. The highest BCUT2D eigenvalue weighted by molar-refractivity contribution is 7.16. The van der Waals surface area contributed by atoms with Crippen LogP contribution in [0.2, 0.25) is 0 Å². The molecule has 34 heavy (non-hydrogen) atoms. The Morgan fingerprint density at radius 3 is 1.97 bits per heavy atom. The SMILES string of the molecule is CCOC(=O)Cn1c(=NC(=O)c2cc(OC)c(OC)c(OC)c2)sc2cc(OC)c(OC)cc21. The lowest BCUT2D eigenvalue weighted by molar-refractivity contribution is -0.143. The van der Waals surface area contributed by atoms with Gasteiger partial charge in [-0.1, -0.05) is 11.3 Å². The number of aromatic nitrogens is 1. The van der Waals surface area contributed by atoms with E-state index in [1.807, 2.05) is 0 Å². The quantitative estimate of drug-likeness (QED) is 0.421. The van der Waals surface area contributed by atoms with Crippen molar-refractivity contribution >= 4 is 33.4 Å². The molecule has 1 aromatic heterocycles. The Labute approximate surface area is 200 Å². The lowest BCUT2D eigenvalue weighted by atomic mass is 10.1. The van der Waals surface area contributed by atoms with Crippen LogP contribution in [0.5, 0.6) is 28.7 Å². The monoisotopic (exact) mass is 490 g/mol. The molecule has 0 N–H and O–H groups in total. The van der Waals surface area contributed by atoms with Crippen molar-refractivity contribution < 1.29 is 38.0 Å². The molecule has 0 radical (unpaired) electrons. The molecule has 0 aliphatic rings. The maximum atomic E-state index is 13.1. The number of ether oxygens (including phenoxy) is 6. The molecule has 0 saturated heterocycles. The second kappa shape index (κ2) is 10.9. The zero-order valence-electron chi connectivity index (χ0n) is 19.8. The van der Waals surface area contributed by atoms with Crippen LogP contribution in [0, 0.1) is 0 Å². The van der Waals surface area contributed by atoms with Gasteiger partial charge in [-0.05, 0) is 19.1 Å². The zero-order valence-corrected chi connectivity index (χ0v) is 20.6. The van der Waals surface area contributed by atoms with Crippen LogP contribution in [-0.2, 0) is 16.1 Å². The first-order valence-electron chi connectivity index (χ1n) is 10.2. The Kier molecular flexibility index (Phi) is 8.00. The smallest absolute Gasteiger partial charge is 0.326 e. The molecule has 1 amide bonds. The van der Waals surface area contributed by atoms with E-state index in [9.17, 15) is 9.59 Å². The van der Waals surface area contributed by atoms with Gasteiger partial charge in [-0.25, -0.2) is 0 Å². The Morgan fingerprint density at radius 1 is 0.853 bits per heavy atom. The highest BCUT2D eigenvalue weighted by Crippen LogP contribution is 2.38. The van der Waals surface area contributed by atoms with Gasteiger partial charge in [0.2, 0.25) is 5.75 Å². The van der Waals surface area contributed by atoms with Gasteiger partial charge >= 0.3 is 5.97 Å². The van der Waals surface area contributed by atoms with Crippen molar-refractivity contribution in [3.8, 4) is 28.7 Å². The fraction of sp³-hybridized carbons (Fsp3) is 0.348. The number of carbonyl (C=O) groups excluding carboxylic acids is 2. The predicted octanol–water partition coefficient (Wildman–Crippen LogP) is 3.05. The van der Waals surface area contributed by atoms with Gasteiger partial charge in [-0.2, -0.15) is 4.99 Å². The van der Waals surface area contributed by atoms with E-state index < -0.39 is 11.9 Å². The molecule has 3 aromatic rings. The summed E-state index contributed by atoms with van der Waals surface area (Å²) in [7, 11) is 7.45. The number of carbonyl (C=O) groups is 2. The first kappa shape index (κ1) is 24.9. The molecule has 0 bridgehead atoms. The number of nitrogens with zero attached hydrogens (tertiary/aromatic N) is 2. The minimum atomic E-state index is -0.553. The van der Waals surface area contributed by atoms with Crippen molar-refractivity contribution in [2.75, 3.05) is 42.2 Å². The van der Waals surface area contributed by atoms with Crippen LogP contribution in [0.1, 0.15) is 17.3 Å². The van der Waals surface area contributed by atoms with Crippen LogP contribution in [0.4, 0.5) is 0 Å².